The summed E-state index contributed by atoms with van der Waals surface area (Å²) in [6.45, 7) is 8.75. The van der Waals surface area contributed by atoms with E-state index < -0.39 is 0 Å². The first kappa shape index (κ1) is 11.0. The molecule has 0 amide bonds. The van der Waals surface area contributed by atoms with Gasteiger partial charge in [-0.3, -0.25) is 4.90 Å². The Hall–Kier alpha value is -0.0800. The lowest BCUT2D eigenvalue weighted by atomic mass is 9.69. The minimum Gasteiger partial charge on any atom is -0.311 e. The average Bonchev–Trinajstić information content (AvgIpc) is 2.13. The van der Waals surface area contributed by atoms with Crippen molar-refractivity contribution < 1.29 is 0 Å². The van der Waals surface area contributed by atoms with Gasteiger partial charge >= 0.3 is 0 Å². The van der Waals surface area contributed by atoms with Crippen LogP contribution in [0, 0.1) is 11.8 Å². The Labute approximate surface area is 99.8 Å². The van der Waals surface area contributed by atoms with E-state index in [2.05, 4.69) is 24.1 Å². The molecule has 3 fully saturated rings. The van der Waals surface area contributed by atoms with Gasteiger partial charge in [0.05, 0.1) is 0 Å². The van der Waals surface area contributed by atoms with Gasteiger partial charge < -0.3 is 5.32 Å². The molecule has 2 heteroatoms. The molecule has 1 N–H and O–H groups in total. The van der Waals surface area contributed by atoms with Gasteiger partial charge in [-0.05, 0) is 50.5 Å². The van der Waals surface area contributed by atoms with Gasteiger partial charge in [0.1, 0.15) is 0 Å². The van der Waals surface area contributed by atoms with Gasteiger partial charge in [0.15, 0.2) is 0 Å². The maximum absolute atomic E-state index is 3.77. The van der Waals surface area contributed by atoms with Gasteiger partial charge in [0, 0.05) is 24.7 Å². The van der Waals surface area contributed by atoms with Crippen LogP contribution in [0.5, 0.6) is 0 Å². The molecule has 0 aromatic carbocycles. The highest BCUT2D eigenvalue weighted by atomic mass is 15.2. The van der Waals surface area contributed by atoms with E-state index in [1.54, 1.807) is 0 Å². The van der Waals surface area contributed by atoms with Crippen LogP contribution in [-0.2, 0) is 0 Å². The first-order valence-electron chi connectivity index (χ1n) is 7.18. The molecule has 2 nitrogen and oxygen atoms in total. The SMILES string of the molecule is CC(C)C1CN(C2CCNC3(CCC3)C2)C1. The highest BCUT2D eigenvalue weighted by Gasteiger charge is 2.44. The van der Waals surface area contributed by atoms with E-state index in [1.165, 1.54) is 51.7 Å². The van der Waals surface area contributed by atoms with E-state index >= 15 is 0 Å². The quantitative estimate of drug-likeness (QED) is 0.771. The summed E-state index contributed by atoms with van der Waals surface area (Å²) in [7, 11) is 0. The molecule has 2 saturated heterocycles. The second-order valence-electron chi connectivity index (χ2n) is 6.67. The van der Waals surface area contributed by atoms with E-state index in [9.17, 15) is 0 Å². The highest BCUT2D eigenvalue weighted by Crippen LogP contribution is 2.41. The number of rotatable bonds is 2. The van der Waals surface area contributed by atoms with Crippen LogP contribution >= 0.6 is 0 Å². The van der Waals surface area contributed by atoms with Crippen molar-refractivity contribution in [2.75, 3.05) is 19.6 Å². The zero-order valence-electron chi connectivity index (χ0n) is 10.8. The molecule has 1 atom stereocenters. The van der Waals surface area contributed by atoms with Crippen molar-refractivity contribution in [3.63, 3.8) is 0 Å². The van der Waals surface area contributed by atoms with Crippen LogP contribution in [-0.4, -0.2) is 36.1 Å². The Morgan fingerprint density at radius 1 is 1.25 bits per heavy atom. The summed E-state index contributed by atoms with van der Waals surface area (Å²) in [6.07, 6.45) is 7.13. The number of nitrogens with zero attached hydrogens (tertiary/aromatic N) is 1. The van der Waals surface area contributed by atoms with Crippen molar-refractivity contribution in [2.24, 2.45) is 11.8 Å². The molecule has 0 bridgehead atoms. The Kier molecular flexibility index (Phi) is 2.75. The molecular formula is C14H26N2. The largest absolute Gasteiger partial charge is 0.311 e. The van der Waals surface area contributed by atoms with E-state index in [1.807, 2.05) is 0 Å². The molecule has 92 valence electrons. The lowest BCUT2D eigenvalue weighted by Gasteiger charge is -2.54. The van der Waals surface area contributed by atoms with Gasteiger partial charge in [0.25, 0.3) is 0 Å². The second-order valence-corrected chi connectivity index (χ2v) is 6.67. The molecule has 1 spiro atoms. The van der Waals surface area contributed by atoms with Gasteiger partial charge in [0.2, 0.25) is 0 Å². The normalized spacial score (nSPS) is 35.1. The minimum atomic E-state index is 0.575. The zero-order chi connectivity index (χ0) is 11.2. The van der Waals surface area contributed by atoms with Crippen LogP contribution in [0.4, 0.5) is 0 Å². The van der Waals surface area contributed by atoms with Crippen molar-refractivity contribution in [3.05, 3.63) is 0 Å². The molecule has 1 unspecified atom stereocenters. The first-order valence-corrected chi connectivity index (χ1v) is 7.18. The lowest BCUT2D eigenvalue weighted by Crippen LogP contribution is -2.63. The molecule has 1 aliphatic carbocycles. The van der Waals surface area contributed by atoms with Crippen molar-refractivity contribution in [2.45, 2.75) is 57.5 Å². The molecule has 2 aliphatic heterocycles. The van der Waals surface area contributed by atoms with Crippen molar-refractivity contribution in [1.82, 2.24) is 10.2 Å². The van der Waals surface area contributed by atoms with E-state index in [-0.39, 0.29) is 0 Å². The molecule has 3 rings (SSSR count). The number of piperidine rings is 1. The van der Waals surface area contributed by atoms with Crippen LogP contribution in [0.25, 0.3) is 0 Å². The predicted molar refractivity (Wildman–Crippen MR) is 67.5 cm³/mol. The average molecular weight is 222 g/mol. The van der Waals surface area contributed by atoms with E-state index in [4.69, 9.17) is 0 Å². The monoisotopic (exact) mass is 222 g/mol. The Morgan fingerprint density at radius 2 is 2.00 bits per heavy atom. The highest BCUT2D eigenvalue weighted by molar-refractivity contribution is 5.03. The molecule has 0 radical (unpaired) electrons. The van der Waals surface area contributed by atoms with Crippen LogP contribution in [0.1, 0.15) is 46.0 Å². The van der Waals surface area contributed by atoms with Gasteiger partial charge in [-0.25, -0.2) is 0 Å². The number of hydrogen-bond acceptors (Lipinski definition) is 2. The summed E-state index contributed by atoms with van der Waals surface area (Å²) >= 11 is 0. The van der Waals surface area contributed by atoms with Gasteiger partial charge in [-0.15, -0.1) is 0 Å². The van der Waals surface area contributed by atoms with E-state index in [0.717, 1.165) is 17.9 Å². The molecule has 1 saturated carbocycles. The Morgan fingerprint density at radius 3 is 2.56 bits per heavy atom. The summed E-state index contributed by atoms with van der Waals surface area (Å²) < 4.78 is 0. The summed E-state index contributed by atoms with van der Waals surface area (Å²) in [5.74, 6) is 1.86. The Balaban J connectivity index is 1.52. The fourth-order valence-corrected chi connectivity index (χ4v) is 3.69. The summed E-state index contributed by atoms with van der Waals surface area (Å²) in [4.78, 5) is 2.76. The topological polar surface area (TPSA) is 15.3 Å². The fourth-order valence-electron chi connectivity index (χ4n) is 3.69. The molecule has 0 aromatic heterocycles. The van der Waals surface area contributed by atoms with Crippen molar-refractivity contribution in [3.8, 4) is 0 Å². The summed E-state index contributed by atoms with van der Waals surface area (Å²) in [5, 5.41) is 3.77. The first-order chi connectivity index (χ1) is 7.69. The third kappa shape index (κ3) is 1.80. The molecule has 0 aromatic rings. The van der Waals surface area contributed by atoms with Gasteiger partial charge in [-0.1, -0.05) is 13.8 Å². The van der Waals surface area contributed by atoms with E-state index in [0.29, 0.717) is 5.54 Å². The molecule has 2 heterocycles. The molecular weight excluding hydrogens is 196 g/mol. The number of likely N-dealkylation sites (tertiary alicyclic amines) is 1. The summed E-state index contributed by atoms with van der Waals surface area (Å²) in [6, 6.07) is 0.900. The fraction of sp³-hybridized carbons (Fsp3) is 1.00. The van der Waals surface area contributed by atoms with Gasteiger partial charge in [-0.2, -0.15) is 0 Å². The van der Waals surface area contributed by atoms with Crippen LogP contribution in [0.2, 0.25) is 0 Å². The van der Waals surface area contributed by atoms with Crippen molar-refractivity contribution >= 4 is 0 Å². The Bertz CT molecular complexity index is 251. The predicted octanol–water partition coefficient (Wildman–Crippen LogP) is 2.25. The minimum absolute atomic E-state index is 0.575. The standard InChI is InChI=1S/C14H26N2/c1-11(2)12-9-16(10-12)13-4-7-15-14(8-13)5-3-6-14/h11-13,15H,3-10H2,1-2H3. The van der Waals surface area contributed by atoms with Crippen LogP contribution < -0.4 is 5.32 Å². The smallest absolute Gasteiger partial charge is 0.0196 e. The van der Waals surface area contributed by atoms with Crippen LogP contribution in [0.3, 0.4) is 0 Å². The van der Waals surface area contributed by atoms with Crippen molar-refractivity contribution in [1.29, 1.82) is 0 Å². The van der Waals surface area contributed by atoms with Crippen LogP contribution in [0.15, 0.2) is 0 Å². The number of nitrogens with one attached hydrogen (secondary N) is 1. The zero-order valence-corrected chi connectivity index (χ0v) is 10.8. The third-order valence-electron chi connectivity index (χ3n) is 5.31. The summed E-state index contributed by atoms with van der Waals surface area (Å²) in [5.41, 5.74) is 0.575. The molecule has 16 heavy (non-hydrogen) atoms. The number of hydrogen-bond donors (Lipinski definition) is 1. The second kappa shape index (κ2) is 3.99. The molecule has 3 aliphatic rings. The maximum atomic E-state index is 3.77. The lowest BCUT2D eigenvalue weighted by molar-refractivity contribution is -0.0161. The maximum Gasteiger partial charge on any atom is 0.0196 e. The third-order valence-corrected chi connectivity index (χ3v) is 5.31.